The van der Waals surface area contributed by atoms with Crippen molar-refractivity contribution >= 4 is 17.2 Å². The number of nitrogens with one attached hydrogen (secondary N) is 1. The lowest BCUT2D eigenvalue weighted by Gasteiger charge is -2.32. The van der Waals surface area contributed by atoms with Crippen LogP contribution >= 0.6 is 11.6 Å². The lowest BCUT2D eigenvalue weighted by atomic mass is 9.99. The molecule has 0 bridgehead atoms. The molecule has 3 nitrogen and oxygen atoms in total. The molecule has 2 rings (SSSR count). The van der Waals surface area contributed by atoms with Crippen LogP contribution in [0.1, 0.15) is 119 Å². The first-order valence-electron chi connectivity index (χ1n) is 16.9. The van der Waals surface area contributed by atoms with Crippen LogP contribution in [0.15, 0.2) is 95.5 Å². The van der Waals surface area contributed by atoms with E-state index in [-0.39, 0.29) is 0 Å². The Morgan fingerprint density at radius 1 is 1.16 bits per heavy atom. The Hall–Kier alpha value is -2.78. The molecule has 1 N–H and O–H groups in total. The predicted octanol–water partition coefficient (Wildman–Crippen LogP) is 12.1. The highest BCUT2D eigenvalue weighted by atomic mass is 35.5. The summed E-state index contributed by atoms with van der Waals surface area (Å²) in [4.78, 5) is 6.76. The van der Waals surface area contributed by atoms with Gasteiger partial charge in [-0.1, -0.05) is 103 Å². The number of likely N-dealkylation sites (tertiary alicyclic amines) is 1. The Morgan fingerprint density at radius 2 is 1.82 bits per heavy atom. The number of piperidine rings is 1. The number of rotatable bonds is 14. The van der Waals surface area contributed by atoms with E-state index in [0.717, 1.165) is 60.4 Å². The van der Waals surface area contributed by atoms with E-state index in [1.54, 1.807) is 6.20 Å². The fourth-order valence-corrected chi connectivity index (χ4v) is 5.03. The monoisotopic (exact) mass is 621 g/mol. The molecule has 1 saturated heterocycles. The van der Waals surface area contributed by atoms with Crippen molar-refractivity contribution < 1.29 is 0 Å². The second kappa shape index (κ2) is 24.5. The van der Waals surface area contributed by atoms with Gasteiger partial charge in [-0.05, 0) is 113 Å². The van der Waals surface area contributed by atoms with Gasteiger partial charge in [-0.2, -0.15) is 0 Å². The van der Waals surface area contributed by atoms with Crippen molar-refractivity contribution in [2.24, 2.45) is 5.92 Å². The van der Waals surface area contributed by atoms with Crippen LogP contribution < -0.4 is 5.32 Å². The van der Waals surface area contributed by atoms with Crippen LogP contribution in [0, 0.1) is 12.8 Å². The molecule has 0 spiro atoms. The minimum atomic E-state index is 0.337. The SMILES string of the molecule is C=C/C(C)=C\C=C(/CCC)NC(CC)CC(=C/C)/C=C(/Cl)C(=C)c1ccnc(C)c1.CC.CCC=C(C)N1CCC(C)CC1. The molecule has 0 amide bonds. The van der Waals surface area contributed by atoms with Gasteiger partial charge in [0.25, 0.3) is 0 Å². The molecule has 1 aliphatic rings. The summed E-state index contributed by atoms with van der Waals surface area (Å²) in [6.45, 7) is 31.8. The van der Waals surface area contributed by atoms with E-state index in [0.29, 0.717) is 11.1 Å². The lowest BCUT2D eigenvalue weighted by molar-refractivity contribution is 0.237. The maximum absolute atomic E-state index is 6.63. The average molecular weight is 622 g/mol. The fraction of sp³-hybridized carbons (Fsp3) is 0.525. The number of nitrogens with zero attached hydrogens (tertiary/aromatic N) is 2. The van der Waals surface area contributed by atoms with Crippen molar-refractivity contribution in [1.82, 2.24) is 15.2 Å². The van der Waals surface area contributed by atoms with Gasteiger partial charge in [0.1, 0.15) is 0 Å². The highest BCUT2D eigenvalue weighted by Crippen LogP contribution is 2.27. The van der Waals surface area contributed by atoms with Gasteiger partial charge < -0.3 is 10.2 Å². The fourth-order valence-electron chi connectivity index (χ4n) is 4.78. The van der Waals surface area contributed by atoms with Gasteiger partial charge in [-0.25, -0.2) is 0 Å². The lowest BCUT2D eigenvalue weighted by Crippen LogP contribution is -2.31. The molecule has 1 fully saturated rings. The van der Waals surface area contributed by atoms with Crippen molar-refractivity contribution in [3.63, 3.8) is 0 Å². The van der Waals surface area contributed by atoms with E-state index >= 15 is 0 Å². The molecule has 1 aliphatic heterocycles. The van der Waals surface area contributed by atoms with Gasteiger partial charge in [0.15, 0.2) is 0 Å². The van der Waals surface area contributed by atoms with E-state index in [2.05, 4.69) is 101 Å². The van der Waals surface area contributed by atoms with Gasteiger partial charge >= 0.3 is 0 Å². The molecule has 1 unspecified atom stereocenters. The Morgan fingerprint density at radius 3 is 2.34 bits per heavy atom. The third-order valence-electron chi connectivity index (χ3n) is 7.75. The van der Waals surface area contributed by atoms with Crippen LogP contribution in [0.2, 0.25) is 0 Å². The van der Waals surface area contributed by atoms with Crippen molar-refractivity contribution in [2.45, 2.75) is 120 Å². The predicted molar refractivity (Wildman–Crippen MR) is 200 cm³/mol. The zero-order chi connectivity index (χ0) is 33.5. The number of aryl methyl sites for hydroxylation is 1. The molecule has 0 saturated carbocycles. The summed E-state index contributed by atoms with van der Waals surface area (Å²) in [5.74, 6) is 0.940. The van der Waals surface area contributed by atoms with Gasteiger partial charge in [-0.15, -0.1) is 0 Å². The topological polar surface area (TPSA) is 28.2 Å². The molecule has 1 aromatic heterocycles. The van der Waals surface area contributed by atoms with Gasteiger partial charge in [0.2, 0.25) is 0 Å². The molecule has 0 aliphatic carbocycles. The standard InChI is InChI=1S/C27H37ClN2.C11H21N.C2H6/c1-8-12-26(14-13-20(5)9-2)30-25(11-4)18-23(10-3)19-27(28)22(7)24-15-16-29-21(6)17-24;1-4-5-11(3)12-8-6-10(2)7-9-12;1-2/h9-10,13-17,19,25,30H,2,7-8,11-12,18H2,1,3-6H3;5,10H,4,6-9H2,1-3H3;1-2H3/b20-13-,23-10-,26-14+,27-19+;;. The third-order valence-corrected chi connectivity index (χ3v) is 8.09. The molecule has 44 heavy (non-hydrogen) atoms. The Kier molecular flexibility index (Phi) is 23.0. The highest BCUT2D eigenvalue weighted by Gasteiger charge is 2.15. The summed E-state index contributed by atoms with van der Waals surface area (Å²) in [6.07, 6.45) is 22.4. The van der Waals surface area contributed by atoms with E-state index in [1.165, 1.54) is 42.9 Å². The summed E-state index contributed by atoms with van der Waals surface area (Å²) in [7, 11) is 0. The summed E-state index contributed by atoms with van der Waals surface area (Å²) in [5, 5.41) is 4.39. The molecule has 4 heteroatoms. The number of aromatic nitrogens is 1. The number of pyridine rings is 1. The molecule has 1 aromatic rings. The summed E-state index contributed by atoms with van der Waals surface area (Å²) in [5.41, 5.74) is 7.86. The van der Waals surface area contributed by atoms with Crippen molar-refractivity contribution in [3.8, 4) is 0 Å². The smallest absolute Gasteiger partial charge is 0.0481 e. The minimum Gasteiger partial charge on any atom is -0.385 e. The highest BCUT2D eigenvalue weighted by molar-refractivity contribution is 6.37. The van der Waals surface area contributed by atoms with E-state index in [1.807, 2.05) is 45.1 Å². The Balaban J connectivity index is 0.00000109. The summed E-state index contributed by atoms with van der Waals surface area (Å²) >= 11 is 6.63. The number of hydrogen-bond donors (Lipinski definition) is 1. The first kappa shape index (κ1) is 41.2. The van der Waals surface area contributed by atoms with Gasteiger partial charge in [-0.3, -0.25) is 4.98 Å². The number of allylic oxidation sites excluding steroid dienone is 11. The van der Waals surface area contributed by atoms with Crippen molar-refractivity contribution in [2.75, 3.05) is 13.1 Å². The van der Waals surface area contributed by atoms with Crippen LogP contribution in [0.5, 0.6) is 0 Å². The van der Waals surface area contributed by atoms with Crippen molar-refractivity contribution in [3.05, 3.63) is 107 Å². The van der Waals surface area contributed by atoms with E-state index in [9.17, 15) is 0 Å². The van der Waals surface area contributed by atoms with Crippen LogP contribution in [0.4, 0.5) is 0 Å². The van der Waals surface area contributed by atoms with Crippen LogP contribution in [0.25, 0.3) is 5.57 Å². The molecule has 0 radical (unpaired) electrons. The Labute approximate surface area is 277 Å². The normalized spacial score (nSPS) is 15.9. The molecular weight excluding hydrogens is 558 g/mol. The van der Waals surface area contributed by atoms with Gasteiger partial charge in [0.05, 0.1) is 0 Å². The van der Waals surface area contributed by atoms with E-state index in [4.69, 9.17) is 11.6 Å². The number of hydrogen-bond acceptors (Lipinski definition) is 3. The quantitative estimate of drug-likeness (QED) is 0.209. The maximum Gasteiger partial charge on any atom is 0.0481 e. The van der Waals surface area contributed by atoms with Crippen LogP contribution in [-0.4, -0.2) is 29.0 Å². The summed E-state index contributed by atoms with van der Waals surface area (Å²) in [6, 6.07) is 4.28. The molecule has 1 atom stereocenters. The molecular formula is C40H64ClN3. The second-order valence-electron chi connectivity index (χ2n) is 11.5. The Bertz CT molecular complexity index is 1130. The zero-order valence-corrected chi connectivity index (χ0v) is 30.7. The van der Waals surface area contributed by atoms with Crippen LogP contribution in [-0.2, 0) is 0 Å². The zero-order valence-electron chi connectivity index (χ0n) is 29.9. The van der Waals surface area contributed by atoms with Crippen LogP contribution in [0.3, 0.4) is 0 Å². The largest absolute Gasteiger partial charge is 0.385 e. The first-order valence-corrected chi connectivity index (χ1v) is 17.3. The first-order chi connectivity index (χ1) is 21.1. The maximum atomic E-state index is 6.63. The molecule has 0 aromatic carbocycles. The third kappa shape index (κ3) is 16.9. The summed E-state index contributed by atoms with van der Waals surface area (Å²) < 4.78 is 0. The molecule has 2 heterocycles. The number of halogens is 1. The molecule has 246 valence electrons. The van der Waals surface area contributed by atoms with Gasteiger partial charge in [0, 0.05) is 47.4 Å². The second-order valence-corrected chi connectivity index (χ2v) is 11.9. The average Bonchev–Trinajstić information content (AvgIpc) is 3.03. The van der Waals surface area contributed by atoms with E-state index < -0.39 is 0 Å². The van der Waals surface area contributed by atoms with Crippen molar-refractivity contribution in [1.29, 1.82) is 0 Å². The minimum absolute atomic E-state index is 0.337.